The van der Waals surface area contributed by atoms with E-state index in [1.807, 2.05) is 0 Å². The van der Waals surface area contributed by atoms with Crippen molar-refractivity contribution >= 4 is 23.1 Å². The Hall–Kier alpha value is -4.12. The van der Waals surface area contributed by atoms with E-state index >= 15 is 0 Å². The van der Waals surface area contributed by atoms with Crippen LogP contribution in [0.15, 0.2) is 24.3 Å². The maximum Gasteiger partial charge on any atom is 0.231 e. The van der Waals surface area contributed by atoms with E-state index in [-0.39, 0.29) is 22.8 Å². The first-order valence-corrected chi connectivity index (χ1v) is 8.92. The Bertz CT molecular complexity index is 1020. The van der Waals surface area contributed by atoms with Gasteiger partial charge < -0.3 is 34.3 Å². The highest BCUT2D eigenvalue weighted by Crippen LogP contribution is 2.38. The number of methoxy groups -OCH3 is 3. The number of carbonyl (C=O) groups excluding carboxylic acids is 4. The van der Waals surface area contributed by atoms with E-state index in [0.29, 0.717) is 0 Å². The van der Waals surface area contributed by atoms with Crippen molar-refractivity contribution in [1.29, 1.82) is 0 Å². The van der Waals surface area contributed by atoms with Gasteiger partial charge in [0.2, 0.25) is 28.9 Å². The molecule has 0 saturated heterocycles. The Morgan fingerprint density at radius 1 is 0.688 bits per heavy atom. The van der Waals surface area contributed by atoms with Crippen LogP contribution in [0.5, 0.6) is 34.5 Å². The molecule has 11 heteroatoms. The Balaban J connectivity index is 2.03. The zero-order chi connectivity index (χ0) is 24.0. The van der Waals surface area contributed by atoms with Crippen molar-refractivity contribution in [2.45, 2.75) is 0 Å². The summed E-state index contributed by atoms with van der Waals surface area (Å²) in [6.45, 7) is -1.63. The zero-order valence-electron chi connectivity index (χ0n) is 17.3. The lowest BCUT2D eigenvalue weighted by atomic mass is 10.1. The van der Waals surface area contributed by atoms with Crippen molar-refractivity contribution in [3.05, 3.63) is 35.4 Å². The Morgan fingerprint density at radius 3 is 1.47 bits per heavy atom. The molecule has 0 aliphatic carbocycles. The minimum Gasteiger partial charge on any atom is -0.504 e. The molecule has 0 atom stereocenters. The smallest absolute Gasteiger partial charge is 0.231 e. The minimum atomic E-state index is -1.14. The highest BCUT2D eigenvalue weighted by atomic mass is 16.5. The van der Waals surface area contributed by atoms with Crippen molar-refractivity contribution in [1.82, 2.24) is 0 Å². The number of carbonyl (C=O) groups is 4. The number of benzene rings is 2. The minimum absolute atomic E-state index is 0.0643. The van der Waals surface area contributed by atoms with Gasteiger partial charge in [0.05, 0.1) is 21.3 Å². The molecular weight excluding hydrogens is 428 g/mol. The number of hydrogen-bond acceptors (Lipinski definition) is 11. The predicted octanol–water partition coefficient (Wildman–Crippen LogP) is 1.05. The van der Waals surface area contributed by atoms with E-state index in [9.17, 15) is 34.5 Å². The largest absolute Gasteiger partial charge is 0.504 e. The van der Waals surface area contributed by atoms with Crippen LogP contribution in [-0.2, 0) is 14.3 Å². The Kier molecular flexibility index (Phi) is 7.75. The molecule has 11 nitrogen and oxygen atoms in total. The Labute approximate surface area is 181 Å². The number of phenols is 3. The molecule has 3 N–H and O–H groups in total. The average molecular weight is 448 g/mol. The number of aromatic hydroxyl groups is 3. The molecule has 0 unspecified atom stereocenters. The summed E-state index contributed by atoms with van der Waals surface area (Å²) >= 11 is 0. The summed E-state index contributed by atoms with van der Waals surface area (Å²) in [6.07, 6.45) is 0. The van der Waals surface area contributed by atoms with E-state index in [1.165, 1.54) is 33.5 Å². The SMILES string of the molecule is COc1cc(C(=O)C(=O)COCC(=O)C(=O)c2cc(O)c(O)c(O)c2)cc(OC)c1OC. The summed E-state index contributed by atoms with van der Waals surface area (Å²) in [7, 11) is 4.05. The van der Waals surface area contributed by atoms with Crippen molar-refractivity contribution < 1.29 is 53.4 Å². The lowest BCUT2D eigenvalue weighted by Crippen LogP contribution is -2.25. The van der Waals surface area contributed by atoms with E-state index < -0.39 is 59.2 Å². The molecule has 0 amide bonds. The molecule has 0 fully saturated rings. The van der Waals surface area contributed by atoms with Crippen LogP contribution in [-0.4, -0.2) is 73.0 Å². The van der Waals surface area contributed by atoms with Crippen molar-refractivity contribution in [2.24, 2.45) is 0 Å². The van der Waals surface area contributed by atoms with Gasteiger partial charge in [0.25, 0.3) is 0 Å². The van der Waals surface area contributed by atoms with Gasteiger partial charge in [0, 0.05) is 11.1 Å². The van der Waals surface area contributed by atoms with Gasteiger partial charge in [-0.25, -0.2) is 0 Å². The molecule has 0 aliphatic heterocycles. The van der Waals surface area contributed by atoms with E-state index in [2.05, 4.69) is 0 Å². The number of phenolic OH excluding ortho intramolecular Hbond substituents is 3. The second kappa shape index (κ2) is 10.3. The van der Waals surface area contributed by atoms with Gasteiger partial charge in [0.15, 0.2) is 28.7 Å². The van der Waals surface area contributed by atoms with Crippen LogP contribution in [0.4, 0.5) is 0 Å². The third-order valence-electron chi connectivity index (χ3n) is 4.23. The van der Waals surface area contributed by atoms with Crippen molar-refractivity contribution in [3.63, 3.8) is 0 Å². The van der Waals surface area contributed by atoms with Gasteiger partial charge in [-0.15, -0.1) is 0 Å². The third kappa shape index (κ3) is 5.13. The maximum absolute atomic E-state index is 12.4. The van der Waals surface area contributed by atoms with Crippen LogP contribution in [0.3, 0.4) is 0 Å². The quantitative estimate of drug-likeness (QED) is 0.255. The molecule has 2 aromatic carbocycles. The monoisotopic (exact) mass is 448 g/mol. The lowest BCUT2D eigenvalue weighted by molar-refractivity contribution is -0.124. The van der Waals surface area contributed by atoms with Crippen molar-refractivity contribution in [3.8, 4) is 34.5 Å². The van der Waals surface area contributed by atoms with E-state index in [1.54, 1.807) is 0 Å². The molecule has 2 rings (SSSR count). The summed E-state index contributed by atoms with van der Waals surface area (Å²) in [5.74, 6) is -6.10. The number of rotatable bonds is 11. The standard InChI is InChI=1S/C21H20O11/c1-29-16-6-11(7-17(30-2)21(16)31-3)19(27)15(25)9-32-8-14(24)18(26)10-4-12(22)20(28)13(23)5-10/h4-7,22-23,28H,8-9H2,1-3H3. The van der Waals surface area contributed by atoms with Gasteiger partial charge in [-0.05, 0) is 24.3 Å². The topological polar surface area (TPSA) is 166 Å². The maximum atomic E-state index is 12.4. The number of hydrogen-bond donors (Lipinski definition) is 3. The molecule has 2 aromatic rings. The second-order valence-corrected chi connectivity index (χ2v) is 6.27. The predicted molar refractivity (Wildman–Crippen MR) is 107 cm³/mol. The first-order valence-electron chi connectivity index (χ1n) is 8.92. The normalized spacial score (nSPS) is 10.3. The second-order valence-electron chi connectivity index (χ2n) is 6.27. The average Bonchev–Trinajstić information content (AvgIpc) is 2.79. The molecule has 0 saturated carbocycles. The van der Waals surface area contributed by atoms with Gasteiger partial charge in [-0.1, -0.05) is 0 Å². The fraction of sp³-hybridized carbons (Fsp3) is 0.238. The van der Waals surface area contributed by atoms with Crippen LogP contribution in [0.2, 0.25) is 0 Å². The first kappa shape index (κ1) is 24.2. The summed E-state index contributed by atoms with van der Waals surface area (Å²) in [6, 6.07) is 4.13. The fourth-order valence-corrected chi connectivity index (χ4v) is 2.64. The van der Waals surface area contributed by atoms with Crippen LogP contribution in [0.1, 0.15) is 20.7 Å². The summed E-state index contributed by atoms with van der Waals surface area (Å²) in [4.78, 5) is 48.6. The summed E-state index contributed by atoms with van der Waals surface area (Å²) < 4.78 is 20.3. The van der Waals surface area contributed by atoms with Gasteiger partial charge in [0.1, 0.15) is 13.2 Å². The van der Waals surface area contributed by atoms with Gasteiger partial charge >= 0.3 is 0 Å². The van der Waals surface area contributed by atoms with Gasteiger partial charge in [-0.2, -0.15) is 0 Å². The summed E-state index contributed by atoms with van der Waals surface area (Å²) in [5, 5.41) is 28.1. The van der Waals surface area contributed by atoms with Crippen molar-refractivity contribution in [2.75, 3.05) is 34.5 Å². The summed E-state index contributed by atoms with van der Waals surface area (Å²) in [5.41, 5.74) is -0.461. The molecule has 0 heterocycles. The molecule has 0 bridgehead atoms. The van der Waals surface area contributed by atoms with Crippen LogP contribution < -0.4 is 14.2 Å². The molecule has 0 aliphatic rings. The molecule has 170 valence electrons. The Morgan fingerprint density at radius 2 is 1.09 bits per heavy atom. The zero-order valence-corrected chi connectivity index (χ0v) is 17.3. The first-order chi connectivity index (χ1) is 15.1. The molecule has 0 aromatic heterocycles. The lowest BCUT2D eigenvalue weighted by Gasteiger charge is -2.13. The molecule has 0 radical (unpaired) electrons. The number of ether oxygens (including phenoxy) is 4. The molecular formula is C21H20O11. The van der Waals surface area contributed by atoms with Crippen LogP contribution >= 0.6 is 0 Å². The fourth-order valence-electron chi connectivity index (χ4n) is 2.64. The van der Waals surface area contributed by atoms with E-state index in [0.717, 1.165) is 12.1 Å². The third-order valence-corrected chi connectivity index (χ3v) is 4.23. The highest BCUT2D eigenvalue weighted by molar-refractivity contribution is 6.45. The number of ketones is 4. The highest BCUT2D eigenvalue weighted by Gasteiger charge is 2.24. The number of Topliss-reactive ketones (excluding diaryl/α,β-unsaturated/α-hetero) is 4. The van der Waals surface area contributed by atoms with E-state index in [4.69, 9.17) is 18.9 Å². The van der Waals surface area contributed by atoms with Gasteiger partial charge in [-0.3, -0.25) is 19.2 Å². The van der Waals surface area contributed by atoms with Crippen LogP contribution in [0.25, 0.3) is 0 Å². The molecule has 0 spiro atoms. The molecule has 32 heavy (non-hydrogen) atoms. The van der Waals surface area contributed by atoms with Crippen LogP contribution in [0, 0.1) is 0 Å².